The number of hydrogen-bond donors (Lipinski definition) is 1. The molecule has 0 fully saturated rings. The summed E-state index contributed by atoms with van der Waals surface area (Å²) in [7, 11) is 1.59. The minimum Gasteiger partial charge on any atom is -0.493 e. The van der Waals surface area contributed by atoms with Gasteiger partial charge in [0, 0.05) is 12.1 Å². The molecule has 3 nitrogen and oxygen atoms in total. The third-order valence-electron chi connectivity index (χ3n) is 4.42. The molecular formula is C23H24ClF2NO2. The number of rotatable bonds is 9. The summed E-state index contributed by atoms with van der Waals surface area (Å²) in [5.74, 6) is 0.818. The van der Waals surface area contributed by atoms with Gasteiger partial charge in [-0.25, -0.2) is 8.78 Å². The summed E-state index contributed by atoms with van der Waals surface area (Å²) >= 11 is 0. The van der Waals surface area contributed by atoms with E-state index in [1.807, 2.05) is 24.3 Å². The largest absolute Gasteiger partial charge is 0.493 e. The van der Waals surface area contributed by atoms with Crippen molar-refractivity contribution < 1.29 is 18.3 Å². The van der Waals surface area contributed by atoms with E-state index in [9.17, 15) is 8.78 Å². The van der Waals surface area contributed by atoms with Crippen molar-refractivity contribution >= 4 is 12.4 Å². The highest BCUT2D eigenvalue weighted by Gasteiger charge is 2.11. The molecule has 154 valence electrons. The molecule has 3 aromatic carbocycles. The van der Waals surface area contributed by atoms with Crippen LogP contribution in [-0.4, -0.2) is 13.7 Å². The van der Waals surface area contributed by atoms with Gasteiger partial charge >= 0.3 is 0 Å². The van der Waals surface area contributed by atoms with Crippen LogP contribution in [0.3, 0.4) is 0 Å². The smallest absolute Gasteiger partial charge is 0.166 e. The van der Waals surface area contributed by atoms with Crippen LogP contribution in [-0.2, 0) is 19.6 Å². The van der Waals surface area contributed by atoms with E-state index in [2.05, 4.69) is 5.32 Å². The van der Waals surface area contributed by atoms with Gasteiger partial charge in [-0.15, -0.1) is 12.4 Å². The quantitative estimate of drug-likeness (QED) is 0.477. The van der Waals surface area contributed by atoms with Gasteiger partial charge in [-0.2, -0.15) is 0 Å². The Morgan fingerprint density at radius 3 is 2.31 bits per heavy atom. The molecule has 0 aliphatic rings. The van der Waals surface area contributed by atoms with Gasteiger partial charge in [0.05, 0.1) is 7.11 Å². The number of nitrogens with one attached hydrogen (secondary N) is 1. The maximum absolute atomic E-state index is 13.7. The zero-order valence-corrected chi connectivity index (χ0v) is 17.0. The zero-order chi connectivity index (χ0) is 19.8. The summed E-state index contributed by atoms with van der Waals surface area (Å²) in [6.07, 6.45) is 0.600. The van der Waals surface area contributed by atoms with Crippen LogP contribution in [0.5, 0.6) is 11.5 Å². The lowest BCUT2D eigenvalue weighted by molar-refractivity contribution is 0.280. The van der Waals surface area contributed by atoms with E-state index in [0.29, 0.717) is 43.2 Å². The van der Waals surface area contributed by atoms with E-state index in [-0.39, 0.29) is 24.0 Å². The van der Waals surface area contributed by atoms with Gasteiger partial charge < -0.3 is 14.8 Å². The molecule has 0 bridgehead atoms. The molecule has 0 amide bonds. The van der Waals surface area contributed by atoms with Crippen LogP contribution in [0.25, 0.3) is 0 Å². The fourth-order valence-corrected chi connectivity index (χ4v) is 2.91. The molecule has 0 unspecified atom stereocenters. The molecule has 3 rings (SSSR count). The molecule has 0 radical (unpaired) electrons. The number of ether oxygens (including phenoxy) is 2. The van der Waals surface area contributed by atoms with Crippen molar-refractivity contribution in [3.63, 3.8) is 0 Å². The second-order valence-electron chi connectivity index (χ2n) is 6.38. The van der Waals surface area contributed by atoms with Crippen molar-refractivity contribution in [3.8, 4) is 11.5 Å². The minimum atomic E-state index is -0.277. The lowest BCUT2D eigenvalue weighted by Crippen LogP contribution is -2.18. The third kappa shape index (κ3) is 6.44. The SMILES string of the molecule is COc1cccc(CNCCc2ccccc2F)c1OCc1ccc(F)cc1.Cl. The fraction of sp³-hybridized carbons (Fsp3) is 0.217. The maximum Gasteiger partial charge on any atom is 0.166 e. The number of methoxy groups -OCH3 is 1. The van der Waals surface area contributed by atoms with E-state index in [0.717, 1.165) is 11.1 Å². The summed E-state index contributed by atoms with van der Waals surface area (Å²) < 4.78 is 38.2. The van der Waals surface area contributed by atoms with Crippen LogP contribution in [0.2, 0.25) is 0 Å². The van der Waals surface area contributed by atoms with Gasteiger partial charge in [-0.05, 0) is 48.4 Å². The lowest BCUT2D eigenvalue weighted by atomic mass is 10.1. The van der Waals surface area contributed by atoms with Crippen molar-refractivity contribution in [3.05, 3.63) is 95.1 Å². The molecule has 0 saturated carbocycles. The molecule has 6 heteroatoms. The first-order valence-corrected chi connectivity index (χ1v) is 9.14. The molecule has 0 spiro atoms. The molecule has 29 heavy (non-hydrogen) atoms. The van der Waals surface area contributed by atoms with Gasteiger partial charge in [0.15, 0.2) is 11.5 Å². The Morgan fingerprint density at radius 1 is 0.862 bits per heavy atom. The van der Waals surface area contributed by atoms with Crippen molar-refractivity contribution in [2.45, 2.75) is 19.6 Å². The molecule has 0 aliphatic carbocycles. The minimum absolute atomic E-state index is 0. The number of hydrogen-bond acceptors (Lipinski definition) is 3. The average Bonchev–Trinajstić information content (AvgIpc) is 2.72. The summed E-state index contributed by atoms with van der Waals surface area (Å²) in [6.45, 7) is 1.50. The van der Waals surface area contributed by atoms with Crippen molar-refractivity contribution in [1.29, 1.82) is 0 Å². The summed E-state index contributed by atoms with van der Waals surface area (Å²) in [5.41, 5.74) is 2.49. The number of halogens is 3. The molecule has 0 atom stereocenters. The van der Waals surface area contributed by atoms with E-state index in [1.165, 1.54) is 18.2 Å². The first kappa shape index (κ1) is 22.7. The van der Waals surface area contributed by atoms with Crippen molar-refractivity contribution in [2.75, 3.05) is 13.7 Å². The highest BCUT2D eigenvalue weighted by atomic mass is 35.5. The van der Waals surface area contributed by atoms with E-state index in [1.54, 1.807) is 31.4 Å². The molecular weight excluding hydrogens is 396 g/mol. The normalized spacial score (nSPS) is 10.3. The number of benzene rings is 3. The van der Waals surface area contributed by atoms with Gasteiger partial charge in [-0.1, -0.05) is 42.5 Å². The monoisotopic (exact) mass is 419 g/mol. The Labute approximate surface area is 176 Å². The first-order chi connectivity index (χ1) is 13.7. The van der Waals surface area contributed by atoms with Crippen LogP contribution in [0.1, 0.15) is 16.7 Å². The highest BCUT2D eigenvalue weighted by Crippen LogP contribution is 2.31. The molecule has 3 aromatic rings. The standard InChI is InChI=1S/C23H23F2NO2.ClH/c1-27-22-8-4-6-19(15-26-14-13-18-5-2-3-7-21(18)25)23(22)28-16-17-9-11-20(24)12-10-17;/h2-12,26H,13-16H2,1H3;1H. The average molecular weight is 420 g/mol. The topological polar surface area (TPSA) is 30.5 Å². The van der Waals surface area contributed by atoms with Crippen molar-refractivity contribution in [2.24, 2.45) is 0 Å². The molecule has 0 aliphatic heterocycles. The van der Waals surface area contributed by atoms with Gasteiger partial charge in [0.25, 0.3) is 0 Å². The molecule has 1 N–H and O–H groups in total. The Balaban J connectivity index is 0.00000300. The Bertz CT molecular complexity index is 904. The Kier molecular flexibility index (Phi) is 8.90. The molecule has 0 saturated heterocycles. The first-order valence-electron chi connectivity index (χ1n) is 9.14. The second-order valence-corrected chi connectivity index (χ2v) is 6.38. The summed E-state index contributed by atoms with van der Waals surface area (Å²) in [4.78, 5) is 0. The zero-order valence-electron chi connectivity index (χ0n) is 16.2. The highest BCUT2D eigenvalue weighted by molar-refractivity contribution is 5.85. The summed E-state index contributed by atoms with van der Waals surface area (Å²) in [6, 6.07) is 18.7. The maximum atomic E-state index is 13.7. The van der Waals surface area contributed by atoms with E-state index >= 15 is 0 Å². The van der Waals surface area contributed by atoms with Crippen molar-refractivity contribution in [1.82, 2.24) is 5.32 Å². The van der Waals surface area contributed by atoms with Crippen LogP contribution in [0, 0.1) is 11.6 Å². The lowest BCUT2D eigenvalue weighted by Gasteiger charge is -2.16. The Hall–Kier alpha value is -2.63. The van der Waals surface area contributed by atoms with Crippen LogP contribution in [0.4, 0.5) is 8.78 Å². The Morgan fingerprint density at radius 2 is 1.59 bits per heavy atom. The van der Waals surface area contributed by atoms with E-state index in [4.69, 9.17) is 9.47 Å². The van der Waals surface area contributed by atoms with Crippen LogP contribution < -0.4 is 14.8 Å². The van der Waals surface area contributed by atoms with Crippen LogP contribution in [0.15, 0.2) is 66.7 Å². The summed E-state index contributed by atoms with van der Waals surface area (Å²) in [5, 5.41) is 3.32. The van der Waals surface area contributed by atoms with Gasteiger partial charge in [-0.3, -0.25) is 0 Å². The predicted molar refractivity (Wildman–Crippen MR) is 113 cm³/mol. The molecule has 0 aromatic heterocycles. The predicted octanol–water partition coefficient (Wildman–Crippen LogP) is 5.31. The van der Waals surface area contributed by atoms with Gasteiger partial charge in [0.1, 0.15) is 18.2 Å². The van der Waals surface area contributed by atoms with Gasteiger partial charge in [0.2, 0.25) is 0 Å². The van der Waals surface area contributed by atoms with E-state index < -0.39 is 0 Å². The third-order valence-corrected chi connectivity index (χ3v) is 4.42. The number of para-hydroxylation sites is 1. The van der Waals surface area contributed by atoms with Crippen LogP contribution >= 0.6 is 12.4 Å². The molecule has 0 heterocycles. The second kappa shape index (κ2) is 11.4. The fourth-order valence-electron chi connectivity index (χ4n) is 2.91.